The second-order valence-corrected chi connectivity index (χ2v) is 4.58. The van der Waals surface area contributed by atoms with Gasteiger partial charge in [0.25, 0.3) is 0 Å². The van der Waals surface area contributed by atoms with Gasteiger partial charge in [0.15, 0.2) is 0 Å². The van der Waals surface area contributed by atoms with Crippen molar-refractivity contribution >= 4 is 17.6 Å². The third-order valence-electron chi connectivity index (χ3n) is 2.77. The normalized spacial score (nSPS) is 30.1. The summed E-state index contributed by atoms with van der Waals surface area (Å²) in [5, 5.41) is 7.48. The van der Waals surface area contributed by atoms with Gasteiger partial charge in [-0.2, -0.15) is 13.2 Å². The Morgan fingerprint density at radius 2 is 1.93 bits per heavy atom. The molecule has 1 saturated carbocycles. The Balaban J connectivity index is 2.83. The number of hydrogen-bond donors (Lipinski definition) is 1. The number of aliphatic carboxylic acids is 1. The lowest BCUT2D eigenvalue weighted by atomic mass is 10.1. The minimum atomic E-state index is -4.59. The summed E-state index contributed by atoms with van der Waals surface area (Å²) in [6, 6.07) is 0. The van der Waals surface area contributed by atoms with Gasteiger partial charge in [0.2, 0.25) is 0 Å². The number of carbonyl (C=O) groups is 1. The van der Waals surface area contributed by atoms with Gasteiger partial charge < -0.3 is 5.11 Å². The summed E-state index contributed by atoms with van der Waals surface area (Å²) in [7, 11) is 0. The lowest BCUT2D eigenvalue weighted by molar-refractivity contribution is -0.139. The van der Waals surface area contributed by atoms with Gasteiger partial charge in [0.1, 0.15) is 5.03 Å². The molecule has 15 heavy (non-hydrogen) atoms. The molecule has 2 atom stereocenters. The van der Waals surface area contributed by atoms with E-state index < -0.39 is 34.4 Å². The average molecular weight is 243 g/mol. The van der Waals surface area contributed by atoms with Gasteiger partial charge in [-0.25, -0.2) is 0 Å². The number of allylic oxidation sites excluding steroid dienone is 2. The Morgan fingerprint density at radius 1 is 1.47 bits per heavy atom. The molecule has 0 spiro atoms. The van der Waals surface area contributed by atoms with Crippen molar-refractivity contribution in [2.75, 3.05) is 0 Å². The van der Waals surface area contributed by atoms with Gasteiger partial charge in [-0.15, -0.1) is 0 Å². The van der Waals surface area contributed by atoms with Crippen molar-refractivity contribution in [1.29, 1.82) is 0 Å². The molecule has 6 heteroatoms. The Labute approximate surface area is 89.7 Å². The zero-order valence-corrected chi connectivity index (χ0v) is 8.86. The first-order chi connectivity index (χ1) is 6.58. The van der Waals surface area contributed by atoms with E-state index >= 15 is 0 Å². The van der Waals surface area contributed by atoms with Crippen LogP contribution in [0, 0.1) is 17.3 Å². The number of rotatable bonds is 2. The molecule has 0 amide bonds. The van der Waals surface area contributed by atoms with Crippen molar-refractivity contribution in [1.82, 2.24) is 0 Å². The molecule has 0 saturated heterocycles. The van der Waals surface area contributed by atoms with Crippen molar-refractivity contribution in [2.24, 2.45) is 17.3 Å². The van der Waals surface area contributed by atoms with E-state index in [1.807, 2.05) is 0 Å². The Hall–Kier alpha value is -0.710. The van der Waals surface area contributed by atoms with Crippen LogP contribution in [0.25, 0.3) is 0 Å². The van der Waals surface area contributed by atoms with Gasteiger partial charge in [-0.1, -0.05) is 31.5 Å². The SMILES string of the molecule is CC1(C)[C@@H](/C=C(/Cl)C(F)(F)F)[C@@H]1C(=O)O. The summed E-state index contributed by atoms with van der Waals surface area (Å²) in [6.45, 7) is 3.21. The fourth-order valence-corrected chi connectivity index (χ4v) is 1.85. The summed E-state index contributed by atoms with van der Waals surface area (Å²) in [4.78, 5) is 10.7. The molecule has 0 aliphatic heterocycles. The maximum absolute atomic E-state index is 12.1. The summed E-state index contributed by atoms with van der Waals surface area (Å²) in [5.74, 6) is -2.52. The van der Waals surface area contributed by atoms with E-state index in [4.69, 9.17) is 16.7 Å². The zero-order chi connectivity index (χ0) is 12.0. The smallest absolute Gasteiger partial charge is 0.426 e. The molecule has 1 N–H and O–H groups in total. The summed E-state index contributed by atoms with van der Waals surface area (Å²) >= 11 is 5.03. The number of carboxylic acid groups (broad SMARTS) is 1. The van der Waals surface area contributed by atoms with Crippen LogP contribution >= 0.6 is 11.6 Å². The molecular formula is C9H10ClF3O2. The van der Waals surface area contributed by atoms with Crippen molar-refractivity contribution in [3.8, 4) is 0 Å². The van der Waals surface area contributed by atoms with Crippen LogP contribution in [0.4, 0.5) is 13.2 Å². The first-order valence-electron chi connectivity index (χ1n) is 4.26. The van der Waals surface area contributed by atoms with Crippen molar-refractivity contribution in [3.63, 3.8) is 0 Å². The summed E-state index contributed by atoms with van der Waals surface area (Å²) in [5.41, 5.74) is -0.656. The summed E-state index contributed by atoms with van der Waals surface area (Å²) in [6.07, 6.45) is -3.80. The molecule has 0 aromatic carbocycles. The Bertz CT molecular complexity index is 320. The lowest BCUT2D eigenvalue weighted by Gasteiger charge is -2.04. The van der Waals surface area contributed by atoms with E-state index in [0.717, 1.165) is 6.08 Å². The van der Waals surface area contributed by atoms with E-state index in [1.54, 1.807) is 13.8 Å². The monoisotopic (exact) mass is 242 g/mol. The van der Waals surface area contributed by atoms with E-state index in [2.05, 4.69) is 0 Å². The maximum Gasteiger partial charge on any atom is 0.426 e. The number of carboxylic acids is 1. The molecule has 0 heterocycles. The highest BCUT2D eigenvalue weighted by molar-refractivity contribution is 6.30. The van der Waals surface area contributed by atoms with Gasteiger partial charge in [-0.3, -0.25) is 4.79 Å². The van der Waals surface area contributed by atoms with Gasteiger partial charge in [0.05, 0.1) is 5.92 Å². The largest absolute Gasteiger partial charge is 0.481 e. The molecule has 2 nitrogen and oxygen atoms in total. The topological polar surface area (TPSA) is 37.3 Å². The molecular weight excluding hydrogens is 233 g/mol. The first kappa shape index (κ1) is 12.4. The minimum absolute atomic E-state index is 0.649. The third kappa shape index (κ3) is 2.27. The van der Waals surface area contributed by atoms with Crippen LogP contribution in [0.15, 0.2) is 11.1 Å². The Morgan fingerprint density at radius 3 is 2.20 bits per heavy atom. The van der Waals surface area contributed by atoms with Crippen LogP contribution in [0.3, 0.4) is 0 Å². The second-order valence-electron chi connectivity index (χ2n) is 4.18. The van der Waals surface area contributed by atoms with E-state index in [0.29, 0.717) is 0 Å². The first-order valence-corrected chi connectivity index (χ1v) is 4.63. The predicted octanol–water partition coefficient (Wildman–Crippen LogP) is 3.03. The molecule has 0 aromatic heterocycles. The minimum Gasteiger partial charge on any atom is -0.481 e. The Kier molecular flexibility index (Phi) is 2.80. The highest BCUT2D eigenvalue weighted by Gasteiger charge is 2.61. The van der Waals surface area contributed by atoms with Crippen LogP contribution in [0.2, 0.25) is 0 Å². The zero-order valence-electron chi connectivity index (χ0n) is 8.10. The van der Waals surface area contributed by atoms with Crippen LogP contribution in [0.5, 0.6) is 0 Å². The van der Waals surface area contributed by atoms with E-state index in [9.17, 15) is 18.0 Å². The quantitative estimate of drug-likeness (QED) is 0.808. The molecule has 0 aromatic rings. The highest BCUT2D eigenvalue weighted by atomic mass is 35.5. The van der Waals surface area contributed by atoms with E-state index in [-0.39, 0.29) is 0 Å². The fourth-order valence-electron chi connectivity index (χ4n) is 1.71. The van der Waals surface area contributed by atoms with Crippen LogP contribution in [0.1, 0.15) is 13.8 Å². The molecule has 0 radical (unpaired) electrons. The molecule has 0 unspecified atom stereocenters. The molecule has 1 aliphatic carbocycles. The van der Waals surface area contributed by atoms with Crippen molar-refractivity contribution in [3.05, 3.63) is 11.1 Å². The molecule has 1 fully saturated rings. The third-order valence-corrected chi connectivity index (χ3v) is 3.11. The van der Waals surface area contributed by atoms with E-state index in [1.165, 1.54) is 0 Å². The van der Waals surface area contributed by atoms with Gasteiger partial charge >= 0.3 is 12.1 Å². The average Bonchev–Trinajstić information content (AvgIpc) is 2.50. The summed E-state index contributed by atoms with van der Waals surface area (Å²) < 4.78 is 36.2. The second kappa shape index (κ2) is 3.40. The highest BCUT2D eigenvalue weighted by Crippen LogP contribution is 2.60. The molecule has 86 valence electrons. The molecule has 1 rings (SSSR count). The predicted molar refractivity (Wildman–Crippen MR) is 48.4 cm³/mol. The number of alkyl halides is 3. The van der Waals surface area contributed by atoms with Crippen LogP contribution < -0.4 is 0 Å². The molecule has 1 aliphatic rings. The van der Waals surface area contributed by atoms with Gasteiger partial charge in [-0.05, 0) is 11.3 Å². The molecule has 0 bridgehead atoms. The fraction of sp³-hybridized carbons (Fsp3) is 0.667. The van der Waals surface area contributed by atoms with Crippen LogP contribution in [-0.2, 0) is 4.79 Å². The van der Waals surface area contributed by atoms with Gasteiger partial charge in [0, 0.05) is 0 Å². The number of hydrogen-bond acceptors (Lipinski definition) is 1. The standard InChI is InChI=1S/C9H10ClF3O2/c1-8(2)4(6(8)7(14)15)3-5(10)9(11,12)13/h3-4,6H,1-2H3,(H,14,15)/b5-3+/t4-,6+/m0/s1. The number of halogens is 4. The van der Waals surface area contributed by atoms with Crippen molar-refractivity contribution in [2.45, 2.75) is 20.0 Å². The lowest BCUT2D eigenvalue weighted by Crippen LogP contribution is -2.07. The maximum atomic E-state index is 12.1. The van der Waals surface area contributed by atoms with Crippen molar-refractivity contribution < 1.29 is 23.1 Å². The van der Waals surface area contributed by atoms with Crippen LogP contribution in [-0.4, -0.2) is 17.3 Å².